The summed E-state index contributed by atoms with van der Waals surface area (Å²) in [6.07, 6.45) is 1.95. The van der Waals surface area contributed by atoms with Crippen LogP contribution in [0.3, 0.4) is 0 Å². The molecule has 1 rings (SSSR count). The minimum Gasteiger partial charge on any atom is -0.393 e. The first kappa shape index (κ1) is 8.74. The van der Waals surface area contributed by atoms with Crippen LogP contribution in [0.1, 0.15) is 12.8 Å². The van der Waals surface area contributed by atoms with E-state index in [0.717, 1.165) is 19.4 Å². The molecular formula is C7H14INO. The van der Waals surface area contributed by atoms with Gasteiger partial charge in [-0.1, -0.05) is 22.6 Å². The van der Waals surface area contributed by atoms with Gasteiger partial charge in [0.05, 0.1) is 6.10 Å². The highest BCUT2D eigenvalue weighted by Gasteiger charge is 2.29. The predicted molar refractivity (Wildman–Crippen MR) is 50.5 cm³/mol. The molecule has 1 fully saturated rings. The fourth-order valence-electron chi connectivity index (χ4n) is 1.23. The summed E-state index contributed by atoms with van der Waals surface area (Å²) in [5, 5.41) is 9.01. The predicted octanol–water partition coefficient (Wildman–Crippen LogP) is 0.877. The molecule has 1 aliphatic rings. The molecule has 0 aliphatic heterocycles. The van der Waals surface area contributed by atoms with Gasteiger partial charge in [0.25, 0.3) is 0 Å². The lowest BCUT2D eigenvalue weighted by molar-refractivity contribution is 0.0149. The lowest BCUT2D eigenvalue weighted by Crippen LogP contribution is -2.45. The number of aliphatic hydroxyl groups is 1. The normalized spacial score (nSPS) is 32.4. The van der Waals surface area contributed by atoms with Crippen molar-refractivity contribution in [3.8, 4) is 0 Å². The quantitative estimate of drug-likeness (QED) is 0.597. The monoisotopic (exact) mass is 255 g/mol. The van der Waals surface area contributed by atoms with Gasteiger partial charge in [0.2, 0.25) is 0 Å². The molecule has 0 aromatic heterocycles. The zero-order valence-corrected chi connectivity index (χ0v) is 8.41. The van der Waals surface area contributed by atoms with Crippen LogP contribution in [0, 0.1) is 0 Å². The zero-order chi connectivity index (χ0) is 7.56. The molecule has 0 amide bonds. The van der Waals surface area contributed by atoms with Gasteiger partial charge in [-0.25, -0.2) is 0 Å². The van der Waals surface area contributed by atoms with E-state index >= 15 is 0 Å². The highest BCUT2D eigenvalue weighted by molar-refractivity contribution is 14.1. The van der Waals surface area contributed by atoms with Crippen molar-refractivity contribution in [2.24, 2.45) is 0 Å². The lowest BCUT2D eigenvalue weighted by Gasteiger charge is -2.38. The molecule has 0 spiro atoms. The second kappa shape index (κ2) is 3.88. The fourth-order valence-corrected chi connectivity index (χ4v) is 2.00. The highest BCUT2D eigenvalue weighted by Crippen LogP contribution is 2.23. The van der Waals surface area contributed by atoms with Crippen molar-refractivity contribution in [1.82, 2.24) is 4.90 Å². The smallest absolute Gasteiger partial charge is 0.0570 e. The zero-order valence-electron chi connectivity index (χ0n) is 6.26. The average Bonchev–Trinajstić information content (AvgIpc) is 1.82. The Bertz CT molecular complexity index is 101. The molecule has 10 heavy (non-hydrogen) atoms. The third-order valence-corrected chi connectivity index (χ3v) is 2.63. The second-order valence-corrected chi connectivity index (χ2v) is 4.03. The number of alkyl halides is 1. The number of hydrogen-bond donors (Lipinski definition) is 1. The van der Waals surface area contributed by atoms with E-state index in [1.807, 2.05) is 0 Å². The van der Waals surface area contributed by atoms with E-state index in [9.17, 15) is 0 Å². The third kappa shape index (κ3) is 2.07. The van der Waals surface area contributed by atoms with Gasteiger partial charge in [-0.05, 0) is 19.9 Å². The van der Waals surface area contributed by atoms with E-state index in [0.29, 0.717) is 6.04 Å². The van der Waals surface area contributed by atoms with E-state index in [-0.39, 0.29) is 6.10 Å². The Hall–Kier alpha value is 0.650. The molecule has 2 nitrogen and oxygen atoms in total. The van der Waals surface area contributed by atoms with Crippen molar-refractivity contribution in [2.45, 2.75) is 25.0 Å². The van der Waals surface area contributed by atoms with Crippen molar-refractivity contribution in [3.05, 3.63) is 0 Å². The van der Waals surface area contributed by atoms with Gasteiger partial charge in [0.15, 0.2) is 0 Å². The number of hydrogen-bond acceptors (Lipinski definition) is 2. The molecule has 3 heteroatoms. The maximum absolute atomic E-state index is 9.01. The molecule has 0 aromatic rings. The van der Waals surface area contributed by atoms with Crippen LogP contribution in [0.15, 0.2) is 0 Å². The van der Waals surface area contributed by atoms with Crippen LogP contribution < -0.4 is 0 Å². The molecule has 0 saturated heterocycles. The number of aliphatic hydroxyl groups excluding tert-OH is 1. The molecule has 0 radical (unpaired) electrons. The molecule has 0 atom stereocenters. The van der Waals surface area contributed by atoms with Crippen molar-refractivity contribution >= 4 is 22.6 Å². The minimum atomic E-state index is -0.0124. The Morgan fingerprint density at radius 1 is 1.60 bits per heavy atom. The van der Waals surface area contributed by atoms with Crippen LogP contribution in [0.2, 0.25) is 0 Å². The summed E-state index contributed by atoms with van der Waals surface area (Å²) < 4.78 is 1.18. The van der Waals surface area contributed by atoms with Crippen LogP contribution in [0.4, 0.5) is 0 Å². The van der Waals surface area contributed by atoms with Crippen LogP contribution in [0.5, 0.6) is 0 Å². The van der Waals surface area contributed by atoms with Gasteiger partial charge < -0.3 is 10.0 Å². The largest absolute Gasteiger partial charge is 0.393 e. The molecule has 0 unspecified atom stereocenters. The molecule has 0 aromatic carbocycles. The van der Waals surface area contributed by atoms with Crippen molar-refractivity contribution < 1.29 is 5.11 Å². The summed E-state index contributed by atoms with van der Waals surface area (Å²) >= 11 is 2.38. The summed E-state index contributed by atoms with van der Waals surface area (Å²) in [6, 6.07) is 0.657. The molecule has 0 bridgehead atoms. The maximum Gasteiger partial charge on any atom is 0.0570 e. The Morgan fingerprint density at radius 2 is 2.20 bits per heavy atom. The van der Waals surface area contributed by atoms with E-state index in [1.54, 1.807) is 0 Å². The number of halogens is 1. The number of rotatable bonds is 3. The van der Waals surface area contributed by atoms with Gasteiger partial charge in [0, 0.05) is 17.0 Å². The Labute approximate surface area is 75.7 Å². The minimum absolute atomic E-state index is 0.0124. The highest BCUT2D eigenvalue weighted by atomic mass is 127. The standard InChI is InChI=1S/C7H14INO/c1-9(3-2-8)6-4-7(10)5-6/h6-7,10H,2-5H2,1H3. The van der Waals surface area contributed by atoms with Gasteiger partial charge in [-0.15, -0.1) is 0 Å². The summed E-state index contributed by atoms with van der Waals surface area (Å²) in [6.45, 7) is 1.15. The summed E-state index contributed by atoms with van der Waals surface area (Å²) in [7, 11) is 2.13. The lowest BCUT2D eigenvalue weighted by atomic mass is 9.88. The van der Waals surface area contributed by atoms with Crippen LogP contribution in [-0.2, 0) is 0 Å². The van der Waals surface area contributed by atoms with E-state index < -0.39 is 0 Å². The van der Waals surface area contributed by atoms with Crippen molar-refractivity contribution in [3.63, 3.8) is 0 Å². The van der Waals surface area contributed by atoms with Gasteiger partial charge in [0.1, 0.15) is 0 Å². The van der Waals surface area contributed by atoms with E-state index in [1.165, 1.54) is 4.43 Å². The molecule has 1 N–H and O–H groups in total. The first-order valence-corrected chi connectivity index (χ1v) is 5.21. The van der Waals surface area contributed by atoms with Gasteiger partial charge in [-0.3, -0.25) is 0 Å². The first-order chi connectivity index (χ1) is 4.74. The van der Waals surface area contributed by atoms with Gasteiger partial charge in [-0.2, -0.15) is 0 Å². The topological polar surface area (TPSA) is 23.5 Å². The number of nitrogens with zero attached hydrogens (tertiary/aromatic N) is 1. The Balaban J connectivity index is 2.11. The second-order valence-electron chi connectivity index (χ2n) is 2.95. The average molecular weight is 255 g/mol. The van der Waals surface area contributed by atoms with E-state index in [2.05, 4.69) is 34.5 Å². The maximum atomic E-state index is 9.01. The fraction of sp³-hybridized carbons (Fsp3) is 1.00. The summed E-state index contributed by atoms with van der Waals surface area (Å²) in [5.41, 5.74) is 0. The van der Waals surface area contributed by atoms with Crippen molar-refractivity contribution in [1.29, 1.82) is 0 Å². The van der Waals surface area contributed by atoms with E-state index in [4.69, 9.17) is 5.11 Å². The first-order valence-electron chi connectivity index (χ1n) is 3.68. The molecule has 1 saturated carbocycles. The Kier molecular flexibility index (Phi) is 3.39. The van der Waals surface area contributed by atoms with Crippen LogP contribution in [-0.4, -0.2) is 40.2 Å². The summed E-state index contributed by atoms with van der Waals surface area (Å²) in [5.74, 6) is 0. The van der Waals surface area contributed by atoms with Crippen LogP contribution >= 0.6 is 22.6 Å². The third-order valence-electron chi connectivity index (χ3n) is 2.15. The molecule has 1 aliphatic carbocycles. The van der Waals surface area contributed by atoms with Crippen molar-refractivity contribution in [2.75, 3.05) is 18.0 Å². The molecule has 0 heterocycles. The van der Waals surface area contributed by atoms with Crippen LogP contribution in [0.25, 0.3) is 0 Å². The molecular weight excluding hydrogens is 241 g/mol. The SMILES string of the molecule is CN(CCI)C1CC(O)C1. The Morgan fingerprint density at radius 3 is 2.60 bits per heavy atom. The summed E-state index contributed by atoms with van der Waals surface area (Å²) in [4.78, 5) is 2.33. The molecule has 60 valence electrons. The van der Waals surface area contributed by atoms with Gasteiger partial charge >= 0.3 is 0 Å².